The van der Waals surface area contributed by atoms with Crippen molar-refractivity contribution in [1.29, 1.82) is 0 Å². The van der Waals surface area contributed by atoms with Gasteiger partial charge >= 0.3 is 0 Å². The fourth-order valence-corrected chi connectivity index (χ4v) is 2.70. The van der Waals surface area contributed by atoms with Crippen LogP contribution in [0.5, 0.6) is 0 Å². The summed E-state index contributed by atoms with van der Waals surface area (Å²) >= 11 is 6.01. The highest BCUT2D eigenvalue weighted by atomic mass is 35.5. The second kappa shape index (κ2) is 6.41. The Bertz CT molecular complexity index is 556. The van der Waals surface area contributed by atoms with E-state index >= 15 is 0 Å². The van der Waals surface area contributed by atoms with Gasteiger partial charge in [0.05, 0.1) is 10.5 Å². The molecule has 0 atom stereocenters. The van der Waals surface area contributed by atoms with Crippen LogP contribution in [0.2, 0.25) is 0 Å². The fraction of sp³-hybridized carbons (Fsp3) is 0.500. The monoisotopic (exact) mass is 312 g/mol. The summed E-state index contributed by atoms with van der Waals surface area (Å²) in [4.78, 5) is 22.7. The van der Waals surface area contributed by atoms with Gasteiger partial charge in [0.2, 0.25) is 0 Å². The number of nitro groups is 1. The zero-order valence-corrected chi connectivity index (χ0v) is 12.5. The van der Waals surface area contributed by atoms with Crippen LogP contribution in [-0.4, -0.2) is 35.5 Å². The normalized spacial score (nSPS) is 17.2. The number of amides is 1. The Hall–Kier alpha value is -1.66. The van der Waals surface area contributed by atoms with Crippen LogP contribution in [0, 0.1) is 17.0 Å². The molecule has 1 aliphatic heterocycles. The van der Waals surface area contributed by atoms with Gasteiger partial charge < -0.3 is 10.1 Å². The van der Waals surface area contributed by atoms with Crippen LogP contribution >= 0.6 is 11.6 Å². The van der Waals surface area contributed by atoms with Crippen molar-refractivity contribution < 1.29 is 14.5 Å². The minimum atomic E-state index is -0.466. The molecular formula is C14H17ClN2O4. The number of halogens is 1. The molecule has 1 N–H and O–H groups in total. The minimum Gasteiger partial charge on any atom is -0.381 e. The van der Waals surface area contributed by atoms with Crippen molar-refractivity contribution in [2.24, 2.45) is 0 Å². The zero-order valence-electron chi connectivity index (χ0n) is 11.7. The third kappa shape index (κ3) is 3.51. The number of carbonyl (C=O) groups is 1. The number of nitrogens with one attached hydrogen (secondary N) is 1. The first-order valence-electron chi connectivity index (χ1n) is 6.69. The van der Waals surface area contributed by atoms with E-state index in [1.165, 1.54) is 18.2 Å². The van der Waals surface area contributed by atoms with Gasteiger partial charge in [-0.15, -0.1) is 11.6 Å². The topological polar surface area (TPSA) is 81.5 Å². The molecule has 21 heavy (non-hydrogen) atoms. The minimum absolute atomic E-state index is 0.00433. The van der Waals surface area contributed by atoms with Gasteiger partial charge in [-0.1, -0.05) is 0 Å². The molecule has 0 spiro atoms. The largest absolute Gasteiger partial charge is 0.381 e. The van der Waals surface area contributed by atoms with Crippen LogP contribution in [0.4, 0.5) is 5.69 Å². The van der Waals surface area contributed by atoms with E-state index < -0.39 is 10.5 Å². The third-order valence-corrected chi connectivity index (χ3v) is 4.25. The molecule has 1 heterocycles. The second-order valence-corrected chi connectivity index (χ2v) is 5.51. The summed E-state index contributed by atoms with van der Waals surface area (Å²) < 4.78 is 5.29. The fourth-order valence-electron chi connectivity index (χ4n) is 2.37. The summed E-state index contributed by atoms with van der Waals surface area (Å²) in [5.41, 5.74) is 0.394. The van der Waals surface area contributed by atoms with Crippen molar-refractivity contribution in [3.63, 3.8) is 0 Å². The highest BCUT2D eigenvalue weighted by molar-refractivity contribution is 6.19. The Labute approximate surface area is 127 Å². The van der Waals surface area contributed by atoms with Crippen molar-refractivity contribution in [2.75, 3.05) is 19.1 Å². The zero-order chi connectivity index (χ0) is 15.5. The molecule has 1 aromatic carbocycles. The van der Waals surface area contributed by atoms with E-state index in [9.17, 15) is 14.9 Å². The lowest BCUT2D eigenvalue weighted by atomic mass is 9.91. The average molecular weight is 313 g/mol. The van der Waals surface area contributed by atoms with Gasteiger partial charge in [0.1, 0.15) is 0 Å². The van der Waals surface area contributed by atoms with E-state index in [-0.39, 0.29) is 11.6 Å². The van der Waals surface area contributed by atoms with Crippen molar-refractivity contribution >= 4 is 23.2 Å². The Balaban J connectivity index is 2.16. The second-order valence-electron chi connectivity index (χ2n) is 5.24. The summed E-state index contributed by atoms with van der Waals surface area (Å²) in [5, 5.41) is 13.7. The number of rotatable bonds is 4. The molecule has 114 valence electrons. The van der Waals surface area contributed by atoms with Crippen molar-refractivity contribution in [3.05, 3.63) is 39.4 Å². The summed E-state index contributed by atoms with van der Waals surface area (Å²) in [6.07, 6.45) is 1.32. The first-order chi connectivity index (χ1) is 9.97. The molecule has 1 fully saturated rings. The highest BCUT2D eigenvalue weighted by Gasteiger charge is 2.33. The molecule has 0 radical (unpaired) electrons. The van der Waals surface area contributed by atoms with Gasteiger partial charge in [-0.2, -0.15) is 0 Å². The maximum atomic E-state index is 12.3. The van der Waals surface area contributed by atoms with Gasteiger partial charge in [0.15, 0.2) is 0 Å². The van der Waals surface area contributed by atoms with Crippen LogP contribution in [0.1, 0.15) is 28.8 Å². The molecule has 1 aliphatic rings. The predicted octanol–water partition coefficient (Wildman–Crippen LogP) is 2.42. The summed E-state index contributed by atoms with van der Waals surface area (Å²) in [5.74, 6) is 0.0455. The Morgan fingerprint density at radius 3 is 2.67 bits per heavy atom. The predicted molar refractivity (Wildman–Crippen MR) is 78.8 cm³/mol. The number of aryl methyl sites for hydroxylation is 1. The van der Waals surface area contributed by atoms with Gasteiger partial charge in [-0.25, -0.2) is 0 Å². The molecule has 0 aromatic heterocycles. The van der Waals surface area contributed by atoms with Crippen LogP contribution in [0.3, 0.4) is 0 Å². The van der Waals surface area contributed by atoms with Crippen LogP contribution in [0.15, 0.2) is 18.2 Å². The highest BCUT2D eigenvalue weighted by Crippen LogP contribution is 2.24. The van der Waals surface area contributed by atoms with E-state index in [1.807, 2.05) is 0 Å². The van der Waals surface area contributed by atoms with Crippen LogP contribution < -0.4 is 5.32 Å². The van der Waals surface area contributed by atoms with Crippen molar-refractivity contribution in [3.8, 4) is 0 Å². The Morgan fingerprint density at radius 1 is 1.48 bits per heavy atom. The van der Waals surface area contributed by atoms with E-state index in [4.69, 9.17) is 16.3 Å². The van der Waals surface area contributed by atoms with Crippen LogP contribution in [-0.2, 0) is 4.74 Å². The quantitative estimate of drug-likeness (QED) is 0.526. The number of benzene rings is 1. The Kier molecular flexibility index (Phi) is 4.80. The molecule has 1 amide bonds. The Morgan fingerprint density at radius 2 is 2.14 bits per heavy atom. The number of ether oxygens (including phenoxy) is 1. The SMILES string of the molecule is Cc1cc(C(=O)NC2(CCl)CCOCC2)ccc1[N+](=O)[O-]. The smallest absolute Gasteiger partial charge is 0.272 e. The number of carbonyl (C=O) groups excluding carboxylic acids is 1. The summed E-state index contributed by atoms with van der Waals surface area (Å²) in [6.45, 7) is 2.74. The molecular weight excluding hydrogens is 296 g/mol. The van der Waals surface area contributed by atoms with E-state index in [0.717, 1.165) is 0 Å². The van der Waals surface area contributed by atoms with Crippen LogP contribution in [0.25, 0.3) is 0 Å². The molecule has 6 nitrogen and oxygen atoms in total. The van der Waals surface area contributed by atoms with E-state index in [0.29, 0.717) is 43.1 Å². The van der Waals surface area contributed by atoms with Gasteiger partial charge in [-0.05, 0) is 31.9 Å². The van der Waals surface area contributed by atoms with E-state index in [1.54, 1.807) is 6.92 Å². The summed E-state index contributed by atoms with van der Waals surface area (Å²) in [6, 6.07) is 4.33. The van der Waals surface area contributed by atoms with Gasteiger partial charge in [0, 0.05) is 36.3 Å². The maximum absolute atomic E-state index is 12.3. The van der Waals surface area contributed by atoms with E-state index in [2.05, 4.69) is 5.32 Å². The van der Waals surface area contributed by atoms with Crippen molar-refractivity contribution in [2.45, 2.75) is 25.3 Å². The number of nitro benzene ring substituents is 1. The molecule has 0 unspecified atom stereocenters. The first kappa shape index (κ1) is 15.7. The number of nitrogens with zero attached hydrogens (tertiary/aromatic N) is 1. The molecule has 1 aromatic rings. The molecule has 0 aliphatic carbocycles. The molecule has 2 rings (SSSR count). The third-order valence-electron chi connectivity index (χ3n) is 3.74. The summed E-state index contributed by atoms with van der Waals surface area (Å²) in [7, 11) is 0. The molecule has 0 saturated carbocycles. The lowest BCUT2D eigenvalue weighted by Crippen LogP contribution is -2.53. The number of hydrogen-bond donors (Lipinski definition) is 1. The van der Waals surface area contributed by atoms with Crippen molar-refractivity contribution in [1.82, 2.24) is 5.32 Å². The number of alkyl halides is 1. The average Bonchev–Trinajstić information content (AvgIpc) is 2.47. The first-order valence-corrected chi connectivity index (χ1v) is 7.22. The molecule has 7 heteroatoms. The lowest BCUT2D eigenvalue weighted by molar-refractivity contribution is -0.385. The lowest BCUT2D eigenvalue weighted by Gasteiger charge is -2.36. The van der Waals surface area contributed by atoms with Gasteiger partial charge in [0.25, 0.3) is 11.6 Å². The maximum Gasteiger partial charge on any atom is 0.272 e. The molecule has 1 saturated heterocycles. The standard InChI is InChI=1S/C14H17ClN2O4/c1-10-8-11(2-3-12(10)17(19)20)13(18)16-14(9-15)4-6-21-7-5-14/h2-3,8H,4-7,9H2,1H3,(H,16,18). The number of hydrogen-bond acceptors (Lipinski definition) is 4. The molecule has 0 bridgehead atoms. The van der Waals surface area contributed by atoms with Gasteiger partial charge in [-0.3, -0.25) is 14.9 Å².